The lowest BCUT2D eigenvalue weighted by Crippen LogP contribution is -2.10. The number of unbranched alkanes of at least 4 members (excludes halogenated alkanes) is 9. The molecule has 0 fully saturated rings. The molecule has 0 aliphatic heterocycles. The minimum Gasteiger partial charge on any atom is -0.369 e. The molecule has 0 aliphatic carbocycles. The molecule has 0 bridgehead atoms. The van der Waals surface area contributed by atoms with Gasteiger partial charge in [-0.2, -0.15) is 8.42 Å². The molecular weight excluding hydrogens is 278 g/mol. The average Bonchev–Trinajstić information content (AvgIpc) is 2.36. The van der Waals surface area contributed by atoms with E-state index >= 15 is 0 Å². The van der Waals surface area contributed by atoms with Gasteiger partial charge in [0.05, 0.1) is 13.2 Å². The van der Waals surface area contributed by atoms with Crippen molar-refractivity contribution in [2.24, 2.45) is 0 Å². The SMILES string of the molecule is CCCCCCCCCCCCOS(=O)(=O)OCC.[NH4+]. The van der Waals surface area contributed by atoms with Crippen LogP contribution in [0.3, 0.4) is 0 Å². The third-order valence-corrected chi connectivity index (χ3v) is 3.97. The summed E-state index contributed by atoms with van der Waals surface area (Å²) in [6.45, 7) is 4.22. The largest absolute Gasteiger partial charge is 0.399 e. The summed E-state index contributed by atoms with van der Waals surface area (Å²) >= 11 is 0. The van der Waals surface area contributed by atoms with Gasteiger partial charge in [-0.1, -0.05) is 64.7 Å². The van der Waals surface area contributed by atoms with Gasteiger partial charge in [0.2, 0.25) is 0 Å². The molecule has 4 N–H and O–H groups in total. The molecule has 0 unspecified atom stereocenters. The predicted molar refractivity (Wildman–Crippen MR) is 84.3 cm³/mol. The number of quaternary nitrogens is 1. The first-order valence-corrected chi connectivity index (χ1v) is 8.99. The van der Waals surface area contributed by atoms with Crippen molar-refractivity contribution in [1.29, 1.82) is 0 Å². The fourth-order valence-corrected chi connectivity index (χ4v) is 2.61. The molecule has 0 aromatic heterocycles. The predicted octanol–water partition coefficient (Wildman–Crippen LogP) is 4.58. The van der Waals surface area contributed by atoms with E-state index in [0.717, 1.165) is 19.3 Å². The van der Waals surface area contributed by atoms with Gasteiger partial charge < -0.3 is 6.15 Å². The molecule has 0 spiro atoms. The quantitative estimate of drug-likeness (QED) is 0.475. The summed E-state index contributed by atoms with van der Waals surface area (Å²) in [5.74, 6) is 0. The van der Waals surface area contributed by atoms with Crippen molar-refractivity contribution in [2.45, 2.75) is 78.1 Å². The molecule has 20 heavy (non-hydrogen) atoms. The highest BCUT2D eigenvalue weighted by atomic mass is 32.3. The highest BCUT2D eigenvalue weighted by Crippen LogP contribution is 2.10. The monoisotopic (exact) mass is 312 g/mol. The van der Waals surface area contributed by atoms with E-state index in [1.54, 1.807) is 6.92 Å². The second kappa shape index (κ2) is 15.2. The fraction of sp³-hybridized carbons (Fsp3) is 1.00. The fourth-order valence-electron chi connectivity index (χ4n) is 1.93. The van der Waals surface area contributed by atoms with Gasteiger partial charge in [-0.05, 0) is 13.3 Å². The first kappa shape index (κ1) is 22.1. The molecule has 0 heterocycles. The van der Waals surface area contributed by atoms with Gasteiger partial charge in [0, 0.05) is 0 Å². The summed E-state index contributed by atoms with van der Waals surface area (Å²) in [5.41, 5.74) is 0. The highest BCUT2D eigenvalue weighted by molar-refractivity contribution is 7.81. The number of hydrogen-bond acceptors (Lipinski definition) is 4. The van der Waals surface area contributed by atoms with Crippen molar-refractivity contribution >= 4 is 10.4 Å². The van der Waals surface area contributed by atoms with E-state index in [4.69, 9.17) is 4.18 Å². The first-order chi connectivity index (χ1) is 9.12. The Kier molecular flexibility index (Phi) is 16.8. The van der Waals surface area contributed by atoms with Crippen LogP contribution in [0.1, 0.15) is 78.1 Å². The summed E-state index contributed by atoms with van der Waals surface area (Å²) in [5, 5.41) is 0. The van der Waals surface area contributed by atoms with Crippen molar-refractivity contribution in [3.8, 4) is 0 Å². The van der Waals surface area contributed by atoms with Crippen LogP contribution in [0.25, 0.3) is 0 Å². The minimum absolute atomic E-state index is 0. The molecule has 0 aromatic rings. The molecule has 0 aliphatic rings. The maximum atomic E-state index is 11.0. The van der Waals surface area contributed by atoms with Crippen molar-refractivity contribution in [1.82, 2.24) is 6.15 Å². The van der Waals surface area contributed by atoms with Gasteiger partial charge in [0.15, 0.2) is 0 Å². The van der Waals surface area contributed by atoms with Crippen LogP contribution in [0.15, 0.2) is 0 Å². The normalized spacial score (nSPS) is 11.3. The maximum absolute atomic E-state index is 11.0. The van der Waals surface area contributed by atoms with Gasteiger partial charge in [-0.3, -0.25) is 0 Å². The zero-order valence-electron chi connectivity index (χ0n) is 13.5. The Morgan fingerprint density at radius 3 is 1.60 bits per heavy atom. The molecule has 0 radical (unpaired) electrons. The number of rotatable bonds is 14. The van der Waals surface area contributed by atoms with Crippen LogP contribution < -0.4 is 6.15 Å². The van der Waals surface area contributed by atoms with Gasteiger partial charge >= 0.3 is 10.4 Å². The van der Waals surface area contributed by atoms with Gasteiger partial charge in [0.25, 0.3) is 0 Å². The van der Waals surface area contributed by atoms with Crippen molar-refractivity contribution in [2.75, 3.05) is 13.2 Å². The Morgan fingerprint density at radius 1 is 0.700 bits per heavy atom. The summed E-state index contributed by atoms with van der Waals surface area (Å²) in [6, 6.07) is 0. The smallest absolute Gasteiger partial charge is 0.369 e. The van der Waals surface area contributed by atoms with E-state index in [1.165, 1.54) is 44.9 Å². The Bertz CT molecular complexity index is 281. The van der Waals surface area contributed by atoms with Crippen LogP contribution in [0.4, 0.5) is 0 Å². The lowest BCUT2D eigenvalue weighted by Gasteiger charge is -2.04. The van der Waals surface area contributed by atoms with Crippen molar-refractivity contribution < 1.29 is 16.8 Å². The van der Waals surface area contributed by atoms with Crippen molar-refractivity contribution in [3.63, 3.8) is 0 Å². The minimum atomic E-state index is -3.74. The van der Waals surface area contributed by atoms with Crippen LogP contribution in [-0.2, 0) is 18.8 Å². The molecular formula is C14H34NO4S+. The number of hydrogen-bond donors (Lipinski definition) is 1. The maximum Gasteiger partial charge on any atom is 0.399 e. The molecule has 5 nitrogen and oxygen atoms in total. The molecule has 0 saturated heterocycles. The van der Waals surface area contributed by atoms with E-state index < -0.39 is 10.4 Å². The van der Waals surface area contributed by atoms with Crippen LogP contribution in [0.5, 0.6) is 0 Å². The summed E-state index contributed by atoms with van der Waals surface area (Å²) < 4.78 is 31.3. The van der Waals surface area contributed by atoms with Gasteiger partial charge in [-0.25, -0.2) is 8.37 Å². The van der Waals surface area contributed by atoms with Crippen molar-refractivity contribution in [3.05, 3.63) is 0 Å². The summed E-state index contributed by atoms with van der Waals surface area (Å²) in [6.07, 6.45) is 12.2. The lowest BCUT2D eigenvalue weighted by atomic mass is 10.1. The third-order valence-electron chi connectivity index (χ3n) is 2.99. The second-order valence-corrected chi connectivity index (χ2v) is 6.11. The molecule has 0 saturated carbocycles. The highest BCUT2D eigenvalue weighted by Gasteiger charge is 2.09. The van der Waals surface area contributed by atoms with Crippen LogP contribution in [-0.4, -0.2) is 21.6 Å². The van der Waals surface area contributed by atoms with Crippen LogP contribution >= 0.6 is 0 Å². The topological polar surface area (TPSA) is 89.1 Å². The van der Waals surface area contributed by atoms with Crippen LogP contribution in [0, 0.1) is 0 Å². The molecule has 0 amide bonds. The molecule has 0 rings (SSSR count). The summed E-state index contributed by atoms with van der Waals surface area (Å²) in [7, 11) is -3.74. The van der Waals surface area contributed by atoms with E-state index in [9.17, 15) is 8.42 Å². The zero-order chi connectivity index (χ0) is 14.4. The molecule has 6 heteroatoms. The first-order valence-electron chi connectivity index (χ1n) is 7.66. The standard InChI is InChI=1S/C14H30O4S.H3N/c1-3-5-6-7-8-9-10-11-12-13-14-18-19(15,16)17-4-2;/h3-14H2,1-2H3;1H3/p+1. The summed E-state index contributed by atoms with van der Waals surface area (Å²) in [4.78, 5) is 0. The molecule has 0 atom stereocenters. The molecule has 124 valence electrons. The van der Waals surface area contributed by atoms with Gasteiger partial charge in [-0.15, -0.1) is 0 Å². The average molecular weight is 312 g/mol. The second-order valence-electron chi connectivity index (χ2n) is 4.82. The third kappa shape index (κ3) is 15.9. The lowest BCUT2D eigenvalue weighted by molar-refractivity contribution is 0.218. The Balaban J connectivity index is 0. The van der Waals surface area contributed by atoms with E-state index in [0.29, 0.717) is 0 Å². The van der Waals surface area contributed by atoms with E-state index in [2.05, 4.69) is 11.1 Å². The van der Waals surface area contributed by atoms with E-state index in [-0.39, 0.29) is 19.4 Å². The Morgan fingerprint density at radius 2 is 1.15 bits per heavy atom. The van der Waals surface area contributed by atoms with Crippen LogP contribution in [0.2, 0.25) is 0 Å². The Hall–Kier alpha value is -0.170. The van der Waals surface area contributed by atoms with Gasteiger partial charge in [0.1, 0.15) is 0 Å². The molecule has 0 aromatic carbocycles. The Labute approximate surface area is 125 Å². The zero-order valence-corrected chi connectivity index (χ0v) is 14.3. The van der Waals surface area contributed by atoms with E-state index in [1.807, 2.05) is 0 Å².